The van der Waals surface area contributed by atoms with Crippen molar-refractivity contribution in [1.29, 1.82) is 0 Å². The van der Waals surface area contributed by atoms with Crippen LogP contribution in [0, 0.1) is 0 Å². The third-order valence-corrected chi connectivity index (χ3v) is 5.98. The fourth-order valence-corrected chi connectivity index (χ4v) is 4.22. The Hall–Kier alpha value is -3.71. The number of hydrogen-bond acceptors (Lipinski definition) is 6. The average molecular weight is 442 g/mol. The molecule has 7 heteroatoms. The molecule has 0 radical (unpaired) electrons. The monoisotopic (exact) mass is 441 g/mol. The van der Waals surface area contributed by atoms with Crippen LogP contribution < -0.4 is 15.2 Å². The number of benzene rings is 2. The van der Waals surface area contributed by atoms with Gasteiger partial charge in [0, 0.05) is 32.3 Å². The van der Waals surface area contributed by atoms with E-state index in [1.165, 1.54) is 0 Å². The quantitative estimate of drug-likeness (QED) is 0.634. The van der Waals surface area contributed by atoms with Gasteiger partial charge >= 0.3 is 0 Å². The van der Waals surface area contributed by atoms with E-state index < -0.39 is 0 Å². The molecule has 0 bridgehead atoms. The third kappa shape index (κ3) is 4.88. The molecular formula is C26H27N5O2. The van der Waals surface area contributed by atoms with Gasteiger partial charge in [0.15, 0.2) is 0 Å². The van der Waals surface area contributed by atoms with Crippen molar-refractivity contribution in [1.82, 2.24) is 10.3 Å². The van der Waals surface area contributed by atoms with Crippen LogP contribution in [0.25, 0.3) is 0 Å². The topological polar surface area (TPSA) is 70.1 Å². The first-order valence-corrected chi connectivity index (χ1v) is 11.3. The summed E-state index contributed by atoms with van der Waals surface area (Å²) in [5.74, 6) is 0.779. The summed E-state index contributed by atoms with van der Waals surface area (Å²) in [6.45, 7) is 3.51. The molecule has 7 nitrogen and oxygen atoms in total. The van der Waals surface area contributed by atoms with E-state index in [0.29, 0.717) is 31.9 Å². The van der Waals surface area contributed by atoms with E-state index in [2.05, 4.69) is 27.3 Å². The lowest BCUT2D eigenvalue weighted by Gasteiger charge is -2.28. The highest BCUT2D eigenvalue weighted by Gasteiger charge is 2.32. The van der Waals surface area contributed by atoms with Crippen LogP contribution in [0.2, 0.25) is 0 Å². The maximum Gasteiger partial charge on any atom is 0.267 e. The zero-order chi connectivity index (χ0) is 22.5. The number of carbonyl (C=O) groups is 1. The zero-order valence-corrected chi connectivity index (χ0v) is 18.4. The first kappa shape index (κ1) is 21.2. The molecule has 0 saturated carbocycles. The molecule has 168 valence electrons. The number of ether oxygens (including phenoxy) is 1. The second kappa shape index (κ2) is 9.83. The number of morpholine rings is 1. The number of aromatic nitrogens is 1. The van der Waals surface area contributed by atoms with Gasteiger partial charge in [-0.1, -0.05) is 48.5 Å². The molecule has 2 aliphatic heterocycles. The van der Waals surface area contributed by atoms with E-state index >= 15 is 0 Å². The molecule has 33 heavy (non-hydrogen) atoms. The Labute approximate surface area is 193 Å². The molecule has 1 aromatic heterocycles. The highest BCUT2D eigenvalue weighted by Crippen LogP contribution is 2.35. The van der Waals surface area contributed by atoms with Gasteiger partial charge in [0.2, 0.25) is 0 Å². The van der Waals surface area contributed by atoms with Gasteiger partial charge in [0.05, 0.1) is 24.9 Å². The molecule has 0 spiro atoms. The van der Waals surface area contributed by atoms with Gasteiger partial charge in [0.1, 0.15) is 11.5 Å². The van der Waals surface area contributed by atoms with E-state index in [4.69, 9.17) is 9.84 Å². The summed E-state index contributed by atoms with van der Waals surface area (Å²) >= 11 is 0. The van der Waals surface area contributed by atoms with Gasteiger partial charge in [-0.3, -0.25) is 9.80 Å². The smallest absolute Gasteiger partial charge is 0.267 e. The van der Waals surface area contributed by atoms with Crippen LogP contribution in [0.4, 0.5) is 11.5 Å². The van der Waals surface area contributed by atoms with Crippen molar-refractivity contribution < 1.29 is 9.53 Å². The minimum absolute atomic E-state index is 0.0109. The number of para-hydroxylation sites is 1. The van der Waals surface area contributed by atoms with E-state index in [0.717, 1.165) is 35.7 Å². The van der Waals surface area contributed by atoms with E-state index in [1.807, 2.05) is 65.7 Å². The Morgan fingerprint density at radius 1 is 1.00 bits per heavy atom. The van der Waals surface area contributed by atoms with Crippen molar-refractivity contribution in [3.63, 3.8) is 0 Å². The number of nitrogens with zero attached hydrogens (tertiary/aromatic N) is 4. The van der Waals surface area contributed by atoms with Crippen LogP contribution >= 0.6 is 0 Å². The maximum absolute atomic E-state index is 13.0. The number of hydrogen-bond donors (Lipinski definition) is 1. The SMILES string of the molecule is O=C(NCc1ccnc(N2CCOCC2)c1)C1=NN(c2ccccc2)C(c2ccccc2)C1. The molecule has 1 amide bonds. The van der Waals surface area contributed by atoms with Crippen molar-refractivity contribution in [2.75, 3.05) is 36.2 Å². The number of rotatable bonds is 6. The molecule has 1 atom stereocenters. The van der Waals surface area contributed by atoms with Crippen LogP contribution in [0.15, 0.2) is 84.1 Å². The lowest BCUT2D eigenvalue weighted by Crippen LogP contribution is -2.36. The minimum atomic E-state index is -0.140. The Morgan fingerprint density at radius 3 is 2.48 bits per heavy atom. The number of carbonyl (C=O) groups excluding carboxylic acids is 1. The van der Waals surface area contributed by atoms with Crippen molar-refractivity contribution in [3.05, 3.63) is 90.1 Å². The van der Waals surface area contributed by atoms with Crippen LogP contribution in [-0.4, -0.2) is 42.9 Å². The second-order valence-corrected chi connectivity index (χ2v) is 8.16. The molecule has 1 N–H and O–H groups in total. The largest absolute Gasteiger partial charge is 0.378 e. The maximum atomic E-state index is 13.0. The summed E-state index contributed by atoms with van der Waals surface area (Å²) in [6, 6.07) is 24.2. The molecule has 0 aliphatic carbocycles. The van der Waals surface area contributed by atoms with Crippen molar-refractivity contribution in [2.24, 2.45) is 5.10 Å². The number of amides is 1. The molecule has 1 unspecified atom stereocenters. The molecule has 1 saturated heterocycles. The fraction of sp³-hybridized carbons (Fsp3) is 0.269. The van der Waals surface area contributed by atoms with Crippen molar-refractivity contribution in [3.8, 4) is 0 Å². The number of anilines is 2. The van der Waals surface area contributed by atoms with Gasteiger partial charge in [0.25, 0.3) is 5.91 Å². The summed E-state index contributed by atoms with van der Waals surface area (Å²) in [5.41, 5.74) is 3.66. The predicted octanol–water partition coefficient (Wildman–Crippen LogP) is 3.54. The van der Waals surface area contributed by atoms with Crippen LogP contribution in [0.1, 0.15) is 23.6 Å². The normalized spacial score (nSPS) is 18.2. The Kier molecular flexibility index (Phi) is 6.30. The molecule has 1 fully saturated rings. The van der Waals surface area contributed by atoms with E-state index in [1.54, 1.807) is 6.20 Å². The molecule has 2 aromatic carbocycles. The van der Waals surface area contributed by atoms with E-state index in [-0.39, 0.29) is 11.9 Å². The molecule has 2 aliphatic rings. The lowest BCUT2D eigenvalue weighted by molar-refractivity contribution is -0.115. The first-order chi connectivity index (χ1) is 16.3. The number of nitrogens with one attached hydrogen (secondary N) is 1. The summed E-state index contributed by atoms with van der Waals surface area (Å²) < 4.78 is 5.42. The third-order valence-electron chi connectivity index (χ3n) is 5.98. The van der Waals surface area contributed by atoms with Gasteiger partial charge < -0.3 is 15.0 Å². The first-order valence-electron chi connectivity index (χ1n) is 11.3. The summed E-state index contributed by atoms with van der Waals surface area (Å²) in [4.78, 5) is 19.7. The minimum Gasteiger partial charge on any atom is -0.378 e. The Morgan fingerprint density at radius 2 is 1.73 bits per heavy atom. The van der Waals surface area contributed by atoms with Gasteiger partial charge in [-0.05, 0) is 35.4 Å². The highest BCUT2D eigenvalue weighted by atomic mass is 16.5. The standard InChI is InChI=1S/C26H27N5O2/c32-26(28-19-20-11-12-27-25(17-20)30-13-15-33-16-14-30)23-18-24(21-7-3-1-4-8-21)31(29-23)22-9-5-2-6-10-22/h1-12,17,24H,13-16,18-19H2,(H,28,32). The van der Waals surface area contributed by atoms with Crippen LogP contribution in [0.3, 0.4) is 0 Å². The highest BCUT2D eigenvalue weighted by molar-refractivity contribution is 6.39. The molecule has 3 heterocycles. The van der Waals surface area contributed by atoms with Crippen LogP contribution in [-0.2, 0) is 16.1 Å². The van der Waals surface area contributed by atoms with Gasteiger partial charge in [-0.15, -0.1) is 0 Å². The fourth-order valence-electron chi connectivity index (χ4n) is 4.22. The summed E-state index contributed by atoms with van der Waals surface area (Å²) in [6.07, 6.45) is 2.35. The zero-order valence-electron chi connectivity index (χ0n) is 18.4. The Bertz CT molecular complexity index is 1110. The number of pyridine rings is 1. The molecular weight excluding hydrogens is 414 g/mol. The lowest BCUT2D eigenvalue weighted by atomic mass is 10.0. The van der Waals surface area contributed by atoms with Crippen LogP contribution in [0.5, 0.6) is 0 Å². The average Bonchev–Trinajstić information content (AvgIpc) is 3.35. The van der Waals surface area contributed by atoms with Crippen molar-refractivity contribution in [2.45, 2.75) is 19.0 Å². The predicted molar refractivity (Wildman–Crippen MR) is 129 cm³/mol. The number of hydrazone groups is 1. The van der Waals surface area contributed by atoms with E-state index in [9.17, 15) is 4.79 Å². The molecule has 5 rings (SSSR count). The van der Waals surface area contributed by atoms with Gasteiger partial charge in [-0.25, -0.2) is 4.98 Å². The van der Waals surface area contributed by atoms with Crippen molar-refractivity contribution >= 4 is 23.1 Å². The molecule has 3 aromatic rings. The summed E-state index contributed by atoms with van der Waals surface area (Å²) in [7, 11) is 0. The Balaban J connectivity index is 1.29. The second-order valence-electron chi connectivity index (χ2n) is 8.16. The summed E-state index contributed by atoms with van der Waals surface area (Å²) in [5, 5.41) is 9.72. The van der Waals surface area contributed by atoms with Gasteiger partial charge in [-0.2, -0.15) is 5.10 Å².